The van der Waals surface area contributed by atoms with Crippen molar-refractivity contribution in [3.63, 3.8) is 0 Å². The number of carbonyl (C=O) groups is 1. The van der Waals surface area contributed by atoms with Crippen molar-refractivity contribution in [2.75, 3.05) is 18.5 Å². The van der Waals surface area contributed by atoms with E-state index >= 15 is 0 Å². The van der Waals surface area contributed by atoms with E-state index in [-0.39, 0.29) is 24.5 Å². The van der Waals surface area contributed by atoms with E-state index in [9.17, 15) is 18.3 Å². The van der Waals surface area contributed by atoms with Gasteiger partial charge in [0.25, 0.3) is 0 Å². The van der Waals surface area contributed by atoms with E-state index in [4.69, 9.17) is 9.88 Å². The first-order chi connectivity index (χ1) is 17.7. The first-order valence-corrected chi connectivity index (χ1v) is 14.2. The molecule has 1 aliphatic heterocycles. The number of carbonyl (C=O) groups excluding carboxylic acids is 1. The summed E-state index contributed by atoms with van der Waals surface area (Å²) in [7, 11) is -4.09. The van der Waals surface area contributed by atoms with Crippen LogP contribution in [0.15, 0.2) is 42.9 Å². The zero-order valence-electron chi connectivity index (χ0n) is 20.2. The molecule has 12 heteroatoms. The van der Waals surface area contributed by atoms with Gasteiger partial charge in [-0.1, -0.05) is 24.3 Å². The highest BCUT2D eigenvalue weighted by Gasteiger charge is 2.35. The molecule has 3 heterocycles. The highest BCUT2D eigenvalue weighted by molar-refractivity contribution is 7.84. The number of aliphatic hydroxyl groups is 1. The van der Waals surface area contributed by atoms with Gasteiger partial charge in [0.05, 0.1) is 29.8 Å². The van der Waals surface area contributed by atoms with E-state index < -0.39 is 22.3 Å². The van der Waals surface area contributed by atoms with Gasteiger partial charge in [-0.3, -0.25) is 8.98 Å². The van der Waals surface area contributed by atoms with Crippen LogP contribution in [0.25, 0.3) is 0 Å². The summed E-state index contributed by atoms with van der Waals surface area (Å²) < 4.78 is 33.0. The lowest BCUT2D eigenvalue weighted by atomic mass is 9.93. The molecule has 2 aromatic heterocycles. The number of rotatable bonds is 8. The number of aryl methyl sites for hydroxylation is 1. The number of anilines is 1. The molecule has 0 spiro atoms. The van der Waals surface area contributed by atoms with Crippen molar-refractivity contribution >= 4 is 33.2 Å². The molecule has 196 valence electrons. The standard InChI is InChI=1S/C25H28N4O6S2/c1-14-19(24-18-5-3-2-4-15(18)6-7-34-24)10-22(36-14)23(31)20-11-27-13-28-25(20)29-17-8-16(21(30)9-17)12-35-37(26,32)33/h2-5,10-11,13,16-17,21,24,30H,6-9,12H2,1H3,(H2,26,32,33)(H,27,28,29)/t16-,17-,21+,24?/m1/s1. The molecule has 0 saturated heterocycles. The molecule has 5 rings (SSSR count). The van der Waals surface area contributed by atoms with Crippen molar-refractivity contribution in [1.82, 2.24) is 9.97 Å². The third kappa shape index (κ3) is 5.74. The van der Waals surface area contributed by atoms with Crippen LogP contribution in [0.5, 0.6) is 0 Å². The van der Waals surface area contributed by atoms with Crippen LogP contribution < -0.4 is 10.5 Å². The lowest BCUT2D eigenvalue weighted by Gasteiger charge is -2.26. The molecule has 1 aliphatic carbocycles. The van der Waals surface area contributed by atoms with Crippen molar-refractivity contribution in [3.8, 4) is 0 Å². The van der Waals surface area contributed by atoms with Crippen LogP contribution in [-0.4, -0.2) is 54.6 Å². The average molecular weight is 545 g/mol. The Morgan fingerprint density at radius 3 is 2.92 bits per heavy atom. The number of fused-ring (bicyclic) bond motifs is 1. The predicted molar refractivity (Wildman–Crippen MR) is 138 cm³/mol. The van der Waals surface area contributed by atoms with Crippen LogP contribution in [0.4, 0.5) is 5.82 Å². The maximum Gasteiger partial charge on any atom is 0.333 e. The molecule has 4 N–H and O–H groups in total. The topological polar surface area (TPSA) is 154 Å². The van der Waals surface area contributed by atoms with Gasteiger partial charge >= 0.3 is 10.3 Å². The zero-order chi connectivity index (χ0) is 26.2. The second-order valence-electron chi connectivity index (χ2n) is 9.35. The van der Waals surface area contributed by atoms with Crippen LogP contribution in [-0.2, 0) is 25.6 Å². The summed E-state index contributed by atoms with van der Waals surface area (Å²) >= 11 is 1.41. The second-order valence-corrected chi connectivity index (χ2v) is 11.8. The number of nitrogens with zero attached hydrogens (tertiary/aromatic N) is 2. The van der Waals surface area contributed by atoms with Crippen LogP contribution in [0.3, 0.4) is 0 Å². The molecule has 0 bridgehead atoms. The number of ketones is 1. The molecule has 1 fully saturated rings. The van der Waals surface area contributed by atoms with Gasteiger partial charge in [-0.2, -0.15) is 8.42 Å². The van der Waals surface area contributed by atoms with Gasteiger partial charge in [-0.15, -0.1) is 11.3 Å². The Hall–Kier alpha value is -2.74. The van der Waals surface area contributed by atoms with Gasteiger partial charge in [0.15, 0.2) is 0 Å². The smallest absolute Gasteiger partial charge is 0.333 e. The summed E-state index contributed by atoms with van der Waals surface area (Å²) in [6, 6.07) is 9.87. The van der Waals surface area contributed by atoms with Gasteiger partial charge in [0.1, 0.15) is 18.2 Å². The molecule has 1 aromatic carbocycles. The zero-order valence-corrected chi connectivity index (χ0v) is 21.8. The molecule has 0 radical (unpaired) electrons. The minimum Gasteiger partial charge on any atom is -0.393 e. The minimum absolute atomic E-state index is 0.209. The monoisotopic (exact) mass is 544 g/mol. The van der Waals surface area contributed by atoms with E-state index in [1.807, 2.05) is 25.1 Å². The van der Waals surface area contributed by atoms with Crippen molar-refractivity contribution in [1.29, 1.82) is 0 Å². The third-order valence-electron chi connectivity index (χ3n) is 6.86. The number of nitrogens with two attached hydrogens (primary N) is 1. The summed E-state index contributed by atoms with van der Waals surface area (Å²) in [6.07, 6.45) is 3.47. The van der Waals surface area contributed by atoms with E-state index in [2.05, 4.69) is 31.6 Å². The quantitative estimate of drug-likeness (QED) is 0.363. The molecule has 3 aromatic rings. The summed E-state index contributed by atoms with van der Waals surface area (Å²) in [5, 5.41) is 18.5. The Labute approximate surface area is 219 Å². The lowest BCUT2D eigenvalue weighted by Crippen LogP contribution is -2.24. The van der Waals surface area contributed by atoms with Crippen LogP contribution >= 0.6 is 11.3 Å². The molecule has 0 amide bonds. The maximum absolute atomic E-state index is 13.6. The highest BCUT2D eigenvalue weighted by atomic mass is 32.2. The molecule has 1 unspecified atom stereocenters. The van der Waals surface area contributed by atoms with Crippen molar-refractivity contribution < 1.29 is 27.2 Å². The fourth-order valence-corrected chi connectivity index (χ4v) is 6.41. The molecule has 1 saturated carbocycles. The van der Waals surface area contributed by atoms with Crippen molar-refractivity contribution in [2.45, 2.75) is 44.4 Å². The number of aliphatic hydroxyl groups excluding tert-OH is 1. The summed E-state index contributed by atoms with van der Waals surface area (Å²) in [5.74, 6) is -0.269. The van der Waals surface area contributed by atoms with Crippen LogP contribution in [0, 0.1) is 12.8 Å². The van der Waals surface area contributed by atoms with Crippen LogP contribution in [0.2, 0.25) is 0 Å². The normalized spacial score (nSPS) is 23.5. The van der Waals surface area contributed by atoms with Gasteiger partial charge in [0, 0.05) is 23.0 Å². The molecule has 4 atom stereocenters. The van der Waals surface area contributed by atoms with Gasteiger partial charge in [-0.25, -0.2) is 15.1 Å². The number of thiophene rings is 1. The number of benzene rings is 1. The first-order valence-electron chi connectivity index (χ1n) is 12.0. The Kier molecular flexibility index (Phi) is 7.39. The maximum atomic E-state index is 13.6. The number of nitrogens with one attached hydrogen (secondary N) is 1. The molecular weight excluding hydrogens is 516 g/mol. The number of hydrogen-bond acceptors (Lipinski definition) is 10. The average Bonchev–Trinajstić information content (AvgIpc) is 3.43. The first kappa shape index (κ1) is 25.9. The second kappa shape index (κ2) is 10.6. The van der Waals surface area contributed by atoms with Gasteiger partial charge in [0.2, 0.25) is 5.78 Å². The van der Waals surface area contributed by atoms with Crippen LogP contribution in [0.1, 0.15) is 55.7 Å². The van der Waals surface area contributed by atoms with E-state index in [0.29, 0.717) is 35.7 Å². The lowest BCUT2D eigenvalue weighted by molar-refractivity contribution is 0.0697. The van der Waals surface area contributed by atoms with Crippen molar-refractivity contribution in [3.05, 3.63) is 74.9 Å². The third-order valence-corrected chi connectivity index (χ3v) is 8.39. The fraction of sp³-hybridized carbons (Fsp3) is 0.400. The molecule has 2 aliphatic rings. The van der Waals surface area contributed by atoms with Crippen molar-refractivity contribution in [2.24, 2.45) is 11.1 Å². The van der Waals surface area contributed by atoms with E-state index in [0.717, 1.165) is 22.4 Å². The van der Waals surface area contributed by atoms with Gasteiger partial charge in [-0.05, 0) is 48.9 Å². The molecule has 37 heavy (non-hydrogen) atoms. The molecule has 10 nitrogen and oxygen atoms in total. The Bertz CT molecular complexity index is 1410. The number of aromatic nitrogens is 2. The minimum atomic E-state index is -4.09. The number of ether oxygens (including phenoxy) is 1. The summed E-state index contributed by atoms with van der Waals surface area (Å²) in [5.41, 5.74) is 3.67. The fourth-order valence-electron chi connectivity index (χ4n) is 5.04. The van der Waals surface area contributed by atoms with E-state index in [1.54, 1.807) is 0 Å². The van der Waals surface area contributed by atoms with E-state index in [1.165, 1.54) is 29.4 Å². The highest BCUT2D eigenvalue weighted by Crippen LogP contribution is 2.38. The SMILES string of the molecule is Cc1sc(C(=O)c2cncnc2N[C@@H]2C[C@H](COS(N)(=O)=O)[C@@H](O)C2)cc1C1OCCc2ccccc21. The number of hydrogen-bond donors (Lipinski definition) is 3. The summed E-state index contributed by atoms with van der Waals surface area (Å²) in [6.45, 7) is 2.40. The largest absolute Gasteiger partial charge is 0.393 e. The predicted octanol–water partition coefficient (Wildman–Crippen LogP) is 2.51. The Balaban J connectivity index is 1.34. The Morgan fingerprint density at radius 2 is 2.11 bits per heavy atom. The summed E-state index contributed by atoms with van der Waals surface area (Å²) in [4.78, 5) is 23.5. The Morgan fingerprint density at radius 1 is 1.30 bits per heavy atom. The van der Waals surface area contributed by atoms with Gasteiger partial charge < -0.3 is 15.2 Å². The molecular formula is C25H28N4O6S2.